The van der Waals surface area contributed by atoms with Gasteiger partial charge in [0.15, 0.2) is 0 Å². The molecule has 0 aromatic heterocycles. The molecule has 10 heavy (non-hydrogen) atoms. The first-order valence-electron chi connectivity index (χ1n) is 3.84. The molecule has 0 unspecified atom stereocenters. The zero-order valence-electron chi connectivity index (χ0n) is 5.97. The fourth-order valence-corrected chi connectivity index (χ4v) is 1.87. The van der Waals surface area contributed by atoms with E-state index in [9.17, 15) is 4.79 Å². The molecule has 54 valence electrons. The predicted octanol–water partition coefficient (Wildman–Crippen LogP) is 0.939. The van der Waals surface area contributed by atoms with Crippen LogP contribution in [0.15, 0.2) is 11.3 Å². The van der Waals surface area contributed by atoms with Crippen LogP contribution in [0.1, 0.15) is 19.3 Å². The van der Waals surface area contributed by atoms with Gasteiger partial charge in [-0.1, -0.05) is 0 Å². The minimum Gasteiger partial charge on any atom is -0.374 e. The second-order valence-electron chi connectivity index (χ2n) is 2.93. The van der Waals surface area contributed by atoms with Crippen molar-refractivity contribution < 1.29 is 4.79 Å². The number of hydrogen-bond acceptors (Lipinski definition) is 2. The quantitative estimate of drug-likeness (QED) is 0.501. The van der Waals surface area contributed by atoms with E-state index in [4.69, 9.17) is 0 Å². The summed E-state index contributed by atoms with van der Waals surface area (Å²) in [6.07, 6.45) is 4.39. The smallest absolute Gasteiger partial charge is 0.147 e. The highest BCUT2D eigenvalue weighted by Gasteiger charge is 2.25. The number of rotatable bonds is 1. The van der Waals surface area contributed by atoms with Crippen LogP contribution in [0, 0.1) is 0 Å². The summed E-state index contributed by atoms with van der Waals surface area (Å²) in [5.41, 5.74) is 2.38. The lowest BCUT2D eigenvalue weighted by atomic mass is 10.2. The van der Waals surface area contributed by atoms with E-state index in [-0.39, 0.29) is 0 Å². The Morgan fingerprint density at radius 3 is 3.00 bits per heavy atom. The van der Waals surface area contributed by atoms with E-state index < -0.39 is 0 Å². The molecule has 0 aliphatic carbocycles. The lowest BCUT2D eigenvalue weighted by Gasteiger charge is -2.11. The van der Waals surface area contributed by atoms with Gasteiger partial charge in [-0.15, -0.1) is 0 Å². The molecule has 0 aromatic rings. The Hall–Kier alpha value is -0.790. The number of fused-ring (bicyclic) bond motifs is 1. The molecule has 0 N–H and O–H groups in total. The Balaban J connectivity index is 2.30. The van der Waals surface area contributed by atoms with Gasteiger partial charge >= 0.3 is 0 Å². The Kier molecular flexibility index (Phi) is 1.26. The van der Waals surface area contributed by atoms with Gasteiger partial charge in [0.05, 0.1) is 0 Å². The van der Waals surface area contributed by atoms with Crippen molar-refractivity contribution in [2.24, 2.45) is 0 Å². The number of nitrogens with zero attached hydrogens (tertiary/aromatic N) is 1. The molecule has 0 bridgehead atoms. The van der Waals surface area contributed by atoms with Crippen LogP contribution in [-0.4, -0.2) is 24.3 Å². The summed E-state index contributed by atoms with van der Waals surface area (Å²) in [4.78, 5) is 12.8. The van der Waals surface area contributed by atoms with E-state index in [1.165, 1.54) is 18.7 Å². The minimum atomic E-state index is 0.985. The van der Waals surface area contributed by atoms with Crippen molar-refractivity contribution in [3.8, 4) is 0 Å². The highest BCUT2D eigenvalue weighted by molar-refractivity contribution is 5.75. The molecule has 0 spiro atoms. The van der Waals surface area contributed by atoms with Crippen molar-refractivity contribution >= 4 is 6.29 Å². The summed E-state index contributed by atoms with van der Waals surface area (Å²) in [6.45, 7) is 2.26. The van der Waals surface area contributed by atoms with E-state index in [0.717, 1.165) is 31.2 Å². The highest BCUT2D eigenvalue weighted by atomic mass is 16.1. The van der Waals surface area contributed by atoms with Gasteiger partial charge in [-0.2, -0.15) is 0 Å². The lowest BCUT2D eigenvalue weighted by Crippen LogP contribution is -2.12. The molecule has 2 heterocycles. The van der Waals surface area contributed by atoms with Gasteiger partial charge in [0.2, 0.25) is 0 Å². The van der Waals surface area contributed by atoms with Gasteiger partial charge in [0, 0.05) is 24.4 Å². The number of carbonyl (C=O) groups excluding carboxylic acids is 1. The Morgan fingerprint density at radius 1 is 1.30 bits per heavy atom. The fourth-order valence-electron chi connectivity index (χ4n) is 1.87. The second kappa shape index (κ2) is 2.11. The zero-order valence-corrected chi connectivity index (χ0v) is 5.97. The second-order valence-corrected chi connectivity index (χ2v) is 2.93. The largest absolute Gasteiger partial charge is 0.374 e. The fraction of sp³-hybridized carbons (Fsp3) is 0.625. The SMILES string of the molecule is O=CC1=C2CCCN2CC1. The number of allylic oxidation sites excluding steroid dienone is 1. The number of hydrogen-bond donors (Lipinski definition) is 0. The third kappa shape index (κ3) is 0.681. The van der Waals surface area contributed by atoms with Crippen molar-refractivity contribution in [3.05, 3.63) is 11.3 Å². The molecule has 0 atom stereocenters. The molecule has 0 amide bonds. The van der Waals surface area contributed by atoms with Gasteiger partial charge in [-0.25, -0.2) is 0 Å². The van der Waals surface area contributed by atoms with Crippen LogP contribution < -0.4 is 0 Å². The van der Waals surface area contributed by atoms with Crippen LogP contribution in [0.3, 0.4) is 0 Å². The molecule has 2 nitrogen and oxygen atoms in total. The summed E-state index contributed by atoms with van der Waals surface area (Å²) in [5.74, 6) is 0. The van der Waals surface area contributed by atoms with E-state index >= 15 is 0 Å². The maximum atomic E-state index is 10.5. The maximum Gasteiger partial charge on any atom is 0.147 e. The van der Waals surface area contributed by atoms with Crippen LogP contribution in [0.25, 0.3) is 0 Å². The van der Waals surface area contributed by atoms with Crippen LogP contribution >= 0.6 is 0 Å². The summed E-state index contributed by atoms with van der Waals surface area (Å²) in [7, 11) is 0. The molecule has 2 aliphatic heterocycles. The van der Waals surface area contributed by atoms with Crippen LogP contribution in [-0.2, 0) is 4.79 Å². The van der Waals surface area contributed by atoms with Crippen molar-refractivity contribution in [2.75, 3.05) is 13.1 Å². The maximum absolute atomic E-state index is 10.5. The standard InChI is InChI=1S/C8H11NO/c10-6-7-3-5-9-4-1-2-8(7)9/h6H,1-5H2. The van der Waals surface area contributed by atoms with Gasteiger partial charge < -0.3 is 4.90 Å². The summed E-state index contributed by atoms with van der Waals surface area (Å²) >= 11 is 0. The van der Waals surface area contributed by atoms with Gasteiger partial charge in [0.25, 0.3) is 0 Å². The number of aldehydes is 1. The minimum absolute atomic E-state index is 0.985. The third-order valence-electron chi connectivity index (χ3n) is 2.39. The third-order valence-corrected chi connectivity index (χ3v) is 2.39. The van der Waals surface area contributed by atoms with E-state index in [1.54, 1.807) is 0 Å². The first kappa shape index (κ1) is 5.96. The van der Waals surface area contributed by atoms with Crippen molar-refractivity contribution in [1.29, 1.82) is 0 Å². The van der Waals surface area contributed by atoms with Gasteiger partial charge in [-0.05, 0) is 19.3 Å². The van der Waals surface area contributed by atoms with E-state index in [0.29, 0.717) is 0 Å². The Morgan fingerprint density at radius 2 is 2.20 bits per heavy atom. The van der Waals surface area contributed by atoms with Crippen molar-refractivity contribution in [3.63, 3.8) is 0 Å². The lowest BCUT2D eigenvalue weighted by molar-refractivity contribution is -0.105. The first-order chi connectivity index (χ1) is 4.92. The summed E-state index contributed by atoms with van der Waals surface area (Å²) in [6, 6.07) is 0. The van der Waals surface area contributed by atoms with Crippen LogP contribution in [0.4, 0.5) is 0 Å². The average molecular weight is 137 g/mol. The predicted molar refractivity (Wildman–Crippen MR) is 38.5 cm³/mol. The number of carbonyl (C=O) groups is 1. The van der Waals surface area contributed by atoms with E-state index in [1.807, 2.05) is 0 Å². The summed E-state index contributed by atoms with van der Waals surface area (Å²) < 4.78 is 0. The molecule has 2 heteroatoms. The topological polar surface area (TPSA) is 20.3 Å². The normalized spacial score (nSPS) is 23.8. The van der Waals surface area contributed by atoms with Crippen molar-refractivity contribution in [1.82, 2.24) is 4.90 Å². The first-order valence-corrected chi connectivity index (χ1v) is 3.84. The molecule has 1 saturated heterocycles. The molecule has 2 aliphatic rings. The van der Waals surface area contributed by atoms with Crippen LogP contribution in [0.5, 0.6) is 0 Å². The molecular formula is C8H11NO. The average Bonchev–Trinajstić information content (AvgIpc) is 2.44. The van der Waals surface area contributed by atoms with Gasteiger partial charge in [-0.3, -0.25) is 4.79 Å². The highest BCUT2D eigenvalue weighted by Crippen LogP contribution is 2.30. The molecular weight excluding hydrogens is 126 g/mol. The Labute approximate surface area is 60.5 Å². The monoisotopic (exact) mass is 137 g/mol. The van der Waals surface area contributed by atoms with Crippen molar-refractivity contribution in [2.45, 2.75) is 19.3 Å². The van der Waals surface area contributed by atoms with E-state index in [2.05, 4.69) is 4.90 Å². The molecule has 2 rings (SSSR count). The van der Waals surface area contributed by atoms with Crippen LogP contribution in [0.2, 0.25) is 0 Å². The molecule has 1 fully saturated rings. The Bertz CT molecular complexity index is 195. The molecule has 0 saturated carbocycles. The van der Waals surface area contributed by atoms with Gasteiger partial charge in [0.1, 0.15) is 6.29 Å². The molecule has 0 radical (unpaired) electrons. The zero-order chi connectivity index (χ0) is 6.97. The molecule has 0 aromatic carbocycles. The summed E-state index contributed by atoms with van der Waals surface area (Å²) in [5, 5.41) is 0.